The lowest BCUT2D eigenvalue weighted by Crippen LogP contribution is -2.47. The van der Waals surface area contributed by atoms with Crippen LogP contribution in [0.4, 0.5) is 0 Å². The SMILES string of the molecule is Cc1ccc(/C=C\C(=O)N2CCN(Cc3c(C)noc3C)CC2)o1. The highest BCUT2D eigenvalue weighted by molar-refractivity contribution is 5.91. The van der Waals surface area contributed by atoms with Crippen molar-refractivity contribution in [3.63, 3.8) is 0 Å². The Morgan fingerprint density at radius 1 is 1.21 bits per heavy atom. The first-order chi connectivity index (χ1) is 11.5. The number of piperazine rings is 1. The molecule has 0 saturated carbocycles. The summed E-state index contributed by atoms with van der Waals surface area (Å²) in [5.41, 5.74) is 2.10. The van der Waals surface area contributed by atoms with E-state index < -0.39 is 0 Å². The Balaban J connectivity index is 1.51. The Morgan fingerprint density at radius 2 is 1.96 bits per heavy atom. The number of furan rings is 1. The molecule has 0 aliphatic carbocycles. The lowest BCUT2D eigenvalue weighted by Gasteiger charge is -2.34. The summed E-state index contributed by atoms with van der Waals surface area (Å²) in [5, 5.41) is 4.00. The van der Waals surface area contributed by atoms with Crippen LogP contribution in [0.25, 0.3) is 6.08 Å². The molecule has 0 unspecified atom stereocenters. The van der Waals surface area contributed by atoms with Crippen LogP contribution in [-0.2, 0) is 11.3 Å². The van der Waals surface area contributed by atoms with Gasteiger partial charge in [0.15, 0.2) is 0 Å². The van der Waals surface area contributed by atoms with Crippen molar-refractivity contribution >= 4 is 12.0 Å². The van der Waals surface area contributed by atoms with Crippen LogP contribution >= 0.6 is 0 Å². The minimum atomic E-state index is 0.0287. The average Bonchev–Trinajstić information content (AvgIpc) is 3.13. The number of carbonyl (C=O) groups is 1. The van der Waals surface area contributed by atoms with E-state index in [1.165, 1.54) is 0 Å². The maximum Gasteiger partial charge on any atom is 0.246 e. The number of hydrogen-bond donors (Lipinski definition) is 0. The molecule has 0 radical (unpaired) electrons. The second-order valence-corrected chi connectivity index (χ2v) is 6.19. The fraction of sp³-hybridized carbons (Fsp3) is 0.444. The highest BCUT2D eigenvalue weighted by Crippen LogP contribution is 2.16. The number of carbonyl (C=O) groups excluding carboxylic acids is 1. The van der Waals surface area contributed by atoms with Crippen LogP contribution in [0.2, 0.25) is 0 Å². The van der Waals surface area contributed by atoms with E-state index in [1.54, 1.807) is 12.2 Å². The maximum absolute atomic E-state index is 12.3. The standard InChI is InChI=1S/C18H23N3O3/c1-13-4-5-16(23-13)6-7-18(22)21-10-8-20(9-11-21)12-17-14(2)19-24-15(17)3/h4-7H,8-12H2,1-3H3/b7-6-. The molecule has 6 heteroatoms. The molecule has 1 aliphatic rings. The van der Waals surface area contributed by atoms with E-state index in [4.69, 9.17) is 8.94 Å². The minimum absolute atomic E-state index is 0.0287. The molecule has 2 aromatic rings. The van der Waals surface area contributed by atoms with E-state index in [0.29, 0.717) is 5.76 Å². The normalized spacial score (nSPS) is 16.2. The number of aromatic nitrogens is 1. The molecule has 1 fully saturated rings. The van der Waals surface area contributed by atoms with E-state index in [-0.39, 0.29) is 5.91 Å². The monoisotopic (exact) mass is 329 g/mol. The highest BCUT2D eigenvalue weighted by Gasteiger charge is 2.21. The summed E-state index contributed by atoms with van der Waals surface area (Å²) in [7, 11) is 0. The molecule has 24 heavy (non-hydrogen) atoms. The fourth-order valence-electron chi connectivity index (χ4n) is 2.88. The van der Waals surface area contributed by atoms with Gasteiger partial charge in [0, 0.05) is 44.4 Å². The molecule has 0 bridgehead atoms. The van der Waals surface area contributed by atoms with Gasteiger partial charge in [-0.2, -0.15) is 0 Å². The average molecular weight is 329 g/mol. The quantitative estimate of drug-likeness (QED) is 0.807. The van der Waals surface area contributed by atoms with Crippen molar-refractivity contribution in [3.05, 3.63) is 46.7 Å². The van der Waals surface area contributed by atoms with E-state index in [9.17, 15) is 4.79 Å². The molecule has 0 atom stereocenters. The fourth-order valence-corrected chi connectivity index (χ4v) is 2.88. The third-order valence-electron chi connectivity index (χ3n) is 4.40. The zero-order valence-electron chi connectivity index (χ0n) is 14.4. The molecule has 2 aromatic heterocycles. The van der Waals surface area contributed by atoms with Crippen LogP contribution in [0.1, 0.15) is 28.5 Å². The summed E-state index contributed by atoms with van der Waals surface area (Å²) >= 11 is 0. The van der Waals surface area contributed by atoms with Crippen molar-refractivity contribution in [2.75, 3.05) is 26.2 Å². The molecule has 0 N–H and O–H groups in total. The molecule has 6 nitrogen and oxygen atoms in total. The number of nitrogens with zero attached hydrogens (tertiary/aromatic N) is 3. The van der Waals surface area contributed by atoms with E-state index in [1.807, 2.05) is 37.8 Å². The van der Waals surface area contributed by atoms with Crippen molar-refractivity contribution in [1.82, 2.24) is 15.0 Å². The summed E-state index contributed by atoms with van der Waals surface area (Å²) in [6, 6.07) is 3.75. The number of amides is 1. The van der Waals surface area contributed by atoms with Crippen LogP contribution < -0.4 is 0 Å². The predicted octanol–water partition coefficient (Wildman–Crippen LogP) is 2.55. The Bertz CT molecular complexity index is 717. The molecular weight excluding hydrogens is 306 g/mol. The Hall–Kier alpha value is -2.34. The van der Waals surface area contributed by atoms with Gasteiger partial charge in [0.25, 0.3) is 0 Å². The molecule has 0 aromatic carbocycles. The summed E-state index contributed by atoms with van der Waals surface area (Å²) in [5.74, 6) is 2.46. The lowest BCUT2D eigenvalue weighted by atomic mass is 10.2. The van der Waals surface area contributed by atoms with Crippen LogP contribution in [-0.4, -0.2) is 47.0 Å². The van der Waals surface area contributed by atoms with Crippen molar-refractivity contribution in [2.24, 2.45) is 0 Å². The molecular formula is C18H23N3O3. The zero-order chi connectivity index (χ0) is 17.1. The third-order valence-corrected chi connectivity index (χ3v) is 4.40. The maximum atomic E-state index is 12.3. The Morgan fingerprint density at radius 3 is 2.54 bits per heavy atom. The zero-order valence-corrected chi connectivity index (χ0v) is 14.4. The van der Waals surface area contributed by atoms with E-state index in [2.05, 4.69) is 10.1 Å². The van der Waals surface area contributed by atoms with E-state index >= 15 is 0 Å². The number of aryl methyl sites for hydroxylation is 3. The third kappa shape index (κ3) is 3.76. The van der Waals surface area contributed by atoms with Gasteiger partial charge in [0.1, 0.15) is 17.3 Å². The lowest BCUT2D eigenvalue weighted by molar-refractivity contribution is -0.127. The van der Waals surface area contributed by atoms with Gasteiger partial charge in [-0.05, 0) is 39.0 Å². The first-order valence-corrected chi connectivity index (χ1v) is 8.20. The molecule has 1 saturated heterocycles. The molecule has 128 valence electrons. The minimum Gasteiger partial charge on any atom is -0.462 e. The summed E-state index contributed by atoms with van der Waals surface area (Å²) in [6.07, 6.45) is 3.31. The van der Waals surface area contributed by atoms with Gasteiger partial charge in [-0.25, -0.2) is 0 Å². The first kappa shape index (κ1) is 16.5. The number of hydrogen-bond acceptors (Lipinski definition) is 5. The van der Waals surface area contributed by atoms with Crippen molar-refractivity contribution in [1.29, 1.82) is 0 Å². The summed E-state index contributed by atoms with van der Waals surface area (Å²) in [6.45, 7) is 9.77. The van der Waals surface area contributed by atoms with Crippen LogP contribution in [0, 0.1) is 20.8 Å². The Labute approximate surface area is 141 Å². The van der Waals surface area contributed by atoms with Crippen LogP contribution in [0.15, 0.2) is 27.1 Å². The molecule has 3 heterocycles. The molecule has 0 spiro atoms. The van der Waals surface area contributed by atoms with Gasteiger partial charge >= 0.3 is 0 Å². The highest BCUT2D eigenvalue weighted by atomic mass is 16.5. The van der Waals surface area contributed by atoms with Gasteiger partial charge in [-0.15, -0.1) is 0 Å². The van der Waals surface area contributed by atoms with Gasteiger partial charge in [-0.3, -0.25) is 9.69 Å². The second kappa shape index (κ2) is 7.05. The van der Waals surface area contributed by atoms with Gasteiger partial charge in [-0.1, -0.05) is 5.16 Å². The van der Waals surface area contributed by atoms with Crippen molar-refractivity contribution in [2.45, 2.75) is 27.3 Å². The Kier molecular flexibility index (Phi) is 4.85. The van der Waals surface area contributed by atoms with Gasteiger partial charge in [0.2, 0.25) is 5.91 Å². The smallest absolute Gasteiger partial charge is 0.246 e. The van der Waals surface area contributed by atoms with Crippen molar-refractivity contribution < 1.29 is 13.7 Å². The summed E-state index contributed by atoms with van der Waals surface area (Å²) in [4.78, 5) is 16.5. The molecule has 1 aliphatic heterocycles. The van der Waals surface area contributed by atoms with Gasteiger partial charge < -0.3 is 13.8 Å². The molecule has 3 rings (SSSR count). The largest absolute Gasteiger partial charge is 0.462 e. The topological polar surface area (TPSA) is 62.7 Å². The van der Waals surface area contributed by atoms with E-state index in [0.717, 1.165) is 55.5 Å². The van der Waals surface area contributed by atoms with Crippen LogP contribution in [0.5, 0.6) is 0 Å². The van der Waals surface area contributed by atoms with Crippen molar-refractivity contribution in [3.8, 4) is 0 Å². The predicted molar refractivity (Wildman–Crippen MR) is 90.3 cm³/mol. The summed E-state index contributed by atoms with van der Waals surface area (Å²) < 4.78 is 10.7. The number of rotatable bonds is 4. The van der Waals surface area contributed by atoms with Crippen LogP contribution in [0.3, 0.4) is 0 Å². The van der Waals surface area contributed by atoms with Gasteiger partial charge in [0.05, 0.1) is 5.69 Å². The first-order valence-electron chi connectivity index (χ1n) is 8.20. The second-order valence-electron chi connectivity index (χ2n) is 6.19. The molecule has 1 amide bonds.